The number of aromatic nitrogens is 3. The summed E-state index contributed by atoms with van der Waals surface area (Å²) in [6.07, 6.45) is -2.56. The van der Waals surface area contributed by atoms with E-state index in [9.17, 15) is 13.2 Å². The summed E-state index contributed by atoms with van der Waals surface area (Å²) in [5.41, 5.74) is 1.11. The minimum atomic E-state index is -4.58. The van der Waals surface area contributed by atoms with Gasteiger partial charge in [-0.15, -0.1) is 0 Å². The lowest BCUT2D eigenvalue weighted by Crippen LogP contribution is -2.08. The molecule has 0 unspecified atom stereocenters. The third-order valence-electron chi connectivity index (χ3n) is 5.16. The largest absolute Gasteiger partial charge is 0.417 e. The van der Waals surface area contributed by atoms with Crippen molar-refractivity contribution in [3.63, 3.8) is 0 Å². The van der Waals surface area contributed by atoms with Crippen LogP contribution in [-0.2, 0) is 6.18 Å². The highest BCUT2D eigenvalue weighted by molar-refractivity contribution is 6.33. The van der Waals surface area contributed by atoms with Crippen molar-refractivity contribution in [2.24, 2.45) is 0 Å². The Morgan fingerprint density at radius 1 is 1.06 bits per heavy atom. The zero-order valence-corrected chi connectivity index (χ0v) is 18.8. The quantitative estimate of drug-likeness (QED) is 0.299. The fourth-order valence-electron chi connectivity index (χ4n) is 3.46. The number of hydrogen-bond donors (Lipinski definition) is 2. The first-order valence-corrected chi connectivity index (χ1v) is 10.8. The van der Waals surface area contributed by atoms with E-state index >= 15 is 0 Å². The van der Waals surface area contributed by atoms with Crippen LogP contribution in [0.2, 0.25) is 5.02 Å². The summed E-state index contributed by atoms with van der Waals surface area (Å²) in [6, 6.07) is 12.4. The number of aliphatic hydroxyl groups excluding tert-OH is 1. The lowest BCUT2D eigenvalue weighted by molar-refractivity contribution is -0.137. The van der Waals surface area contributed by atoms with Gasteiger partial charge in [0.05, 0.1) is 10.6 Å². The summed E-state index contributed by atoms with van der Waals surface area (Å²) < 4.78 is 47.0. The van der Waals surface area contributed by atoms with Crippen LogP contribution in [0.1, 0.15) is 17.5 Å². The van der Waals surface area contributed by atoms with Crippen molar-refractivity contribution >= 4 is 17.4 Å². The molecule has 10 heteroatoms. The van der Waals surface area contributed by atoms with Gasteiger partial charge in [0.1, 0.15) is 5.82 Å². The molecule has 0 saturated carbocycles. The molecule has 0 spiro atoms. The summed E-state index contributed by atoms with van der Waals surface area (Å²) in [4.78, 5) is 8.46. The Morgan fingerprint density at radius 2 is 1.85 bits per heavy atom. The highest BCUT2D eigenvalue weighted by Crippen LogP contribution is 2.40. The van der Waals surface area contributed by atoms with Crippen LogP contribution in [0.25, 0.3) is 34.0 Å². The van der Waals surface area contributed by atoms with Gasteiger partial charge in [-0.25, -0.2) is 4.98 Å². The first-order chi connectivity index (χ1) is 16.3. The molecule has 0 fully saturated rings. The zero-order chi connectivity index (χ0) is 24.3. The Balaban J connectivity index is 1.66. The molecule has 4 rings (SSSR count). The van der Waals surface area contributed by atoms with Crippen molar-refractivity contribution in [1.29, 1.82) is 0 Å². The molecular formula is C24H20ClF3N4O2. The van der Waals surface area contributed by atoms with Gasteiger partial charge in [-0.05, 0) is 48.2 Å². The zero-order valence-electron chi connectivity index (χ0n) is 18.0. The smallest absolute Gasteiger partial charge is 0.396 e. The summed E-state index contributed by atoms with van der Waals surface area (Å²) in [6.45, 7) is 2.30. The number of aryl methyl sites for hydroxylation is 1. The number of rotatable bonds is 7. The van der Waals surface area contributed by atoms with Gasteiger partial charge in [0.25, 0.3) is 5.89 Å². The average molecular weight is 489 g/mol. The average Bonchev–Trinajstić information content (AvgIpc) is 3.30. The van der Waals surface area contributed by atoms with Crippen LogP contribution < -0.4 is 5.32 Å². The Bertz CT molecular complexity index is 1310. The van der Waals surface area contributed by atoms with Crippen molar-refractivity contribution in [2.75, 3.05) is 18.5 Å². The van der Waals surface area contributed by atoms with E-state index < -0.39 is 11.7 Å². The van der Waals surface area contributed by atoms with Crippen molar-refractivity contribution < 1.29 is 22.8 Å². The number of aliphatic hydroxyl groups is 1. The highest BCUT2D eigenvalue weighted by Gasteiger charge is 2.34. The molecule has 0 aliphatic carbocycles. The number of anilines is 1. The minimum Gasteiger partial charge on any atom is -0.396 e. The summed E-state index contributed by atoms with van der Waals surface area (Å²) >= 11 is 6.24. The molecule has 6 nitrogen and oxygen atoms in total. The summed E-state index contributed by atoms with van der Waals surface area (Å²) in [5.74, 6) is 0.519. The number of benzene rings is 2. The molecule has 0 amide bonds. The summed E-state index contributed by atoms with van der Waals surface area (Å²) in [5, 5.41) is 16.0. The molecule has 2 aromatic carbocycles. The molecule has 2 heterocycles. The molecule has 0 atom stereocenters. The normalized spacial score (nSPS) is 11.6. The Hall–Kier alpha value is -3.43. The molecule has 0 radical (unpaired) electrons. The molecule has 4 aromatic rings. The number of alkyl halides is 3. The van der Waals surface area contributed by atoms with Crippen LogP contribution in [0.3, 0.4) is 0 Å². The lowest BCUT2D eigenvalue weighted by Gasteiger charge is -2.15. The van der Waals surface area contributed by atoms with Crippen molar-refractivity contribution in [1.82, 2.24) is 15.1 Å². The molecule has 34 heavy (non-hydrogen) atoms. The van der Waals surface area contributed by atoms with Crippen LogP contribution in [0, 0.1) is 6.92 Å². The van der Waals surface area contributed by atoms with Crippen molar-refractivity contribution in [3.05, 3.63) is 70.9 Å². The van der Waals surface area contributed by atoms with Gasteiger partial charge >= 0.3 is 6.18 Å². The molecule has 176 valence electrons. The molecule has 0 bridgehead atoms. The third kappa shape index (κ3) is 5.05. The van der Waals surface area contributed by atoms with Gasteiger partial charge in [-0.2, -0.15) is 18.2 Å². The van der Waals surface area contributed by atoms with Crippen LogP contribution in [-0.4, -0.2) is 33.4 Å². The van der Waals surface area contributed by atoms with E-state index in [-0.39, 0.29) is 29.4 Å². The van der Waals surface area contributed by atoms with Crippen LogP contribution in [0.4, 0.5) is 19.0 Å². The van der Waals surface area contributed by atoms with E-state index in [1.54, 1.807) is 37.3 Å². The fourth-order valence-corrected chi connectivity index (χ4v) is 3.69. The third-order valence-corrected chi connectivity index (χ3v) is 5.45. The SMILES string of the molecule is Cc1ccccc1-c1ccc(-c2nc(-c3cnc(NCCCO)c(Cl)c3)no2)cc1C(F)(F)F. The van der Waals surface area contributed by atoms with Crippen LogP contribution in [0.5, 0.6) is 0 Å². The van der Waals surface area contributed by atoms with E-state index in [1.165, 1.54) is 18.3 Å². The second kappa shape index (κ2) is 9.82. The maximum absolute atomic E-state index is 13.9. The Kier molecular flexibility index (Phi) is 6.85. The number of pyridine rings is 1. The van der Waals surface area contributed by atoms with Gasteiger partial charge in [0, 0.05) is 30.5 Å². The molecule has 0 aliphatic heterocycles. The van der Waals surface area contributed by atoms with E-state index in [4.69, 9.17) is 21.2 Å². The molecule has 0 aliphatic rings. The first-order valence-electron chi connectivity index (χ1n) is 10.4. The second-order valence-corrected chi connectivity index (χ2v) is 7.96. The van der Waals surface area contributed by atoms with Crippen molar-refractivity contribution in [3.8, 4) is 34.0 Å². The van der Waals surface area contributed by atoms with Gasteiger partial charge in [-0.1, -0.05) is 47.1 Å². The maximum Gasteiger partial charge on any atom is 0.417 e. The van der Waals surface area contributed by atoms with E-state index in [0.717, 1.165) is 11.6 Å². The number of nitrogens with one attached hydrogen (secondary N) is 1. The van der Waals surface area contributed by atoms with Crippen LogP contribution in [0.15, 0.2) is 59.3 Å². The molecule has 2 N–H and O–H groups in total. The van der Waals surface area contributed by atoms with E-state index in [1.807, 2.05) is 0 Å². The maximum atomic E-state index is 13.9. The highest BCUT2D eigenvalue weighted by atomic mass is 35.5. The second-order valence-electron chi connectivity index (χ2n) is 7.55. The van der Waals surface area contributed by atoms with Crippen LogP contribution >= 0.6 is 11.6 Å². The fraction of sp³-hybridized carbons (Fsp3) is 0.208. The number of hydrogen-bond acceptors (Lipinski definition) is 6. The van der Waals surface area contributed by atoms with E-state index in [2.05, 4.69) is 20.4 Å². The molecular weight excluding hydrogens is 469 g/mol. The minimum absolute atomic E-state index is 0.0380. The molecule has 0 saturated heterocycles. The first kappa shape index (κ1) is 23.7. The predicted molar refractivity (Wildman–Crippen MR) is 123 cm³/mol. The number of nitrogens with zero attached hydrogens (tertiary/aromatic N) is 3. The van der Waals surface area contributed by atoms with Gasteiger partial charge in [0.15, 0.2) is 0 Å². The van der Waals surface area contributed by atoms with Gasteiger partial charge in [0.2, 0.25) is 5.82 Å². The van der Waals surface area contributed by atoms with Gasteiger partial charge < -0.3 is 14.9 Å². The number of halogens is 4. The van der Waals surface area contributed by atoms with Crippen molar-refractivity contribution in [2.45, 2.75) is 19.5 Å². The van der Waals surface area contributed by atoms with Gasteiger partial charge in [-0.3, -0.25) is 0 Å². The monoisotopic (exact) mass is 488 g/mol. The topological polar surface area (TPSA) is 84.1 Å². The Morgan fingerprint density at radius 3 is 2.56 bits per heavy atom. The standard InChI is InChI=1S/C24H20ClF3N4O2/c1-14-5-2-3-6-17(14)18-8-7-15(11-19(18)24(26,27)28)23-31-21(32-34-23)16-12-20(25)22(30-13-16)29-9-4-10-33/h2-3,5-8,11-13,33H,4,9-10H2,1H3,(H,29,30). The Labute approximate surface area is 198 Å². The lowest BCUT2D eigenvalue weighted by atomic mass is 9.94. The van der Waals surface area contributed by atoms with E-state index in [0.29, 0.717) is 34.9 Å². The predicted octanol–water partition coefficient (Wildman–Crippen LogP) is 6.24. The molecule has 2 aromatic heterocycles. The summed E-state index contributed by atoms with van der Waals surface area (Å²) in [7, 11) is 0.